The molecular formula is C112H70N8. The summed E-state index contributed by atoms with van der Waals surface area (Å²) >= 11 is 0. The molecule has 0 spiro atoms. The van der Waals surface area contributed by atoms with Crippen LogP contribution in [0.2, 0.25) is 0 Å². The fourth-order valence-corrected chi connectivity index (χ4v) is 18.9. The average molecular weight is 1530 g/mol. The Hall–Kier alpha value is -16.2. The van der Waals surface area contributed by atoms with Gasteiger partial charge in [-0.05, 0) is 174 Å². The van der Waals surface area contributed by atoms with Gasteiger partial charge in [0.15, 0.2) is 0 Å². The van der Waals surface area contributed by atoms with Crippen LogP contribution in [0.3, 0.4) is 0 Å². The summed E-state index contributed by atoms with van der Waals surface area (Å²) in [6.07, 6.45) is 0. The van der Waals surface area contributed by atoms with Gasteiger partial charge in [-0.25, -0.2) is 19.9 Å². The lowest BCUT2D eigenvalue weighted by Crippen LogP contribution is -2.03. The van der Waals surface area contributed by atoms with Gasteiger partial charge in [0.2, 0.25) is 11.9 Å². The van der Waals surface area contributed by atoms with Gasteiger partial charge in [-0.1, -0.05) is 322 Å². The van der Waals surface area contributed by atoms with Gasteiger partial charge < -0.3 is 9.13 Å². The van der Waals surface area contributed by atoms with E-state index in [2.05, 4.69) is 419 Å². The van der Waals surface area contributed by atoms with E-state index in [1.807, 2.05) is 24.3 Å². The summed E-state index contributed by atoms with van der Waals surface area (Å²) in [4.78, 5) is 20.9. The predicted octanol–water partition coefficient (Wildman–Crippen LogP) is 29.1. The Bertz CT molecular complexity index is 8320. The molecule has 0 N–H and O–H groups in total. The zero-order chi connectivity index (χ0) is 78.9. The topological polar surface area (TPSA) is 71.3 Å². The van der Waals surface area contributed by atoms with Gasteiger partial charge in [0.05, 0.1) is 72.6 Å². The highest BCUT2D eigenvalue weighted by Crippen LogP contribution is 2.45. The van der Waals surface area contributed by atoms with E-state index in [9.17, 15) is 0 Å². The van der Waals surface area contributed by atoms with Gasteiger partial charge in [-0.2, -0.15) is 0 Å². The Balaban J connectivity index is 0.000000137. The van der Waals surface area contributed by atoms with Crippen molar-refractivity contribution in [3.8, 4) is 90.6 Å². The predicted molar refractivity (Wildman–Crippen MR) is 502 cm³/mol. The van der Waals surface area contributed by atoms with Crippen molar-refractivity contribution in [3.05, 3.63) is 425 Å². The Morgan fingerprint density at radius 1 is 0.142 bits per heavy atom. The van der Waals surface area contributed by atoms with Crippen molar-refractivity contribution in [1.82, 2.24) is 38.2 Å². The summed E-state index contributed by atoms with van der Waals surface area (Å²) in [5.74, 6) is 1.29. The van der Waals surface area contributed by atoms with Crippen LogP contribution in [0.25, 0.3) is 232 Å². The molecule has 0 aliphatic carbocycles. The van der Waals surface area contributed by atoms with Crippen LogP contribution in [-0.4, -0.2) is 38.2 Å². The molecule has 19 aromatic carbocycles. The molecule has 0 fully saturated rings. The molecule has 0 saturated carbocycles. The summed E-state index contributed by atoms with van der Waals surface area (Å²) < 4.78 is 9.33. The molecule has 8 nitrogen and oxygen atoms in total. The molecule has 25 rings (SSSR count). The second-order valence-electron chi connectivity index (χ2n) is 31.2. The number of para-hydroxylation sites is 4. The van der Waals surface area contributed by atoms with E-state index in [0.717, 1.165) is 105 Å². The minimum absolute atomic E-state index is 0.647. The standard InChI is InChI=1S/C58H36N4.C54H34N4/c1-3-15-37(16-4-1)52-36-53(38-17-5-2-6-18-38)60-58(59-52)62-55-26-14-12-24-48(55)51-34-40(28-32-57(51)62)39-27-31-56-50(33-39)47-23-11-13-25-54(47)61(56)41-29-30-46-44-21-8-7-19-42(44)43-20-9-10-22-45(43)49(46)35-41;1-3-15-35(16-4-1)47-34-48(36-17-5-2-6-18-36)56-54(55-47)58-50-26-14-12-24-44(50)46-32-38(28-30-52(46)58)37-27-29-51-45(31-37)43-23-11-13-25-49(43)57(51)53-33-39-19-7-8-20-40(39)41-21-9-10-22-42(41)53/h1-36H;1-34H. The Morgan fingerprint density at radius 3 is 0.792 bits per heavy atom. The first-order valence-corrected chi connectivity index (χ1v) is 40.9. The van der Waals surface area contributed by atoms with Gasteiger partial charge in [0.1, 0.15) is 0 Å². The molecule has 8 heteroatoms. The van der Waals surface area contributed by atoms with Crippen LogP contribution in [0.5, 0.6) is 0 Å². The summed E-state index contributed by atoms with van der Waals surface area (Å²) in [6.45, 7) is 0. The first kappa shape index (κ1) is 68.3. The van der Waals surface area contributed by atoms with Gasteiger partial charge in [0, 0.05) is 76.4 Å². The van der Waals surface area contributed by atoms with E-state index in [4.69, 9.17) is 19.9 Å². The van der Waals surface area contributed by atoms with Gasteiger partial charge in [-0.3, -0.25) is 9.13 Å². The largest absolute Gasteiger partial charge is 0.309 e. The van der Waals surface area contributed by atoms with E-state index in [0.29, 0.717) is 11.9 Å². The van der Waals surface area contributed by atoms with Gasteiger partial charge in [0.25, 0.3) is 0 Å². The average Bonchev–Trinajstić information content (AvgIpc) is 1.48. The molecule has 0 amide bonds. The number of rotatable bonds is 10. The second kappa shape index (κ2) is 27.8. The number of fused-ring (bicyclic) bond motifs is 21. The van der Waals surface area contributed by atoms with Crippen LogP contribution in [0, 0.1) is 0 Å². The molecular weight excluding hydrogens is 1460 g/mol. The molecule has 0 radical (unpaired) electrons. The maximum atomic E-state index is 5.24. The molecule has 0 saturated heterocycles. The molecule has 0 aliphatic heterocycles. The van der Waals surface area contributed by atoms with E-state index in [1.54, 1.807) is 0 Å². The normalized spacial score (nSPS) is 11.8. The Morgan fingerprint density at radius 2 is 0.408 bits per heavy atom. The maximum Gasteiger partial charge on any atom is 0.235 e. The fourth-order valence-electron chi connectivity index (χ4n) is 18.9. The van der Waals surface area contributed by atoms with Crippen molar-refractivity contribution in [3.63, 3.8) is 0 Å². The van der Waals surface area contributed by atoms with Crippen LogP contribution in [-0.2, 0) is 0 Å². The summed E-state index contributed by atoms with van der Waals surface area (Å²) in [5.41, 5.74) is 23.8. The van der Waals surface area contributed by atoms with Gasteiger partial charge >= 0.3 is 0 Å². The minimum Gasteiger partial charge on any atom is -0.309 e. The highest BCUT2D eigenvalue weighted by Gasteiger charge is 2.24. The summed E-state index contributed by atoms with van der Waals surface area (Å²) in [7, 11) is 0. The molecule has 0 aliphatic rings. The number of nitrogens with zero attached hydrogens (tertiary/aromatic N) is 8. The van der Waals surface area contributed by atoms with Crippen molar-refractivity contribution >= 4 is 141 Å². The first-order valence-electron chi connectivity index (χ1n) is 40.9. The molecule has 558 valence electrons. The SMILES string of the molecule is c1ccc(-c2cc(-c3ccccc3)nc(-n3c4ccccc4c4cc(-c5ccc6c(c5)c5ccccc5n6-c5cc6ccccc6c6ccccc56)ccc43)n2)cc1.c1ccc(-c2cc(-c3ccccc3)nc(-n3c4ccccc4c4cc(-c5ccc6c(c5)c5ccccc5n6-c5ccc6c7ccccc7c7ccccc7c6c5)ccc43)n2)cc1. The number of benzene rings is 19. The molecule has 6 heterocycles. The quantitative estimate of drug-likeness (QED) is 0.128. The zero-order valence-electron chi connectivity index (χ0n) is 65.0. The van der Waals surface area contributed by atoms with E-state index in [1.165, 1.54) is 114 Å². The second-order valence-corrected chi connectivity index (χ2v) is 31.2. The molecule has 0 atom stereocenters. The first-order chi connectivity index (χ1) is 59.5. The van der Waals surface area contributed by atoms with Crippen LogP contribution in [0.1, 0.15) is 0 Å². The van der Waals surface area contributed by atoms with Gasteiger partial charge in [-0.15, -0.1) is 0 Å². The Kier molecular flexibility index (Phi) is 15.8. The van der Waals surface area contributed by atoms with Crippen LogP contribution in [0.15, 0.2) is 425 Å². The van der Waals surface area contributed by atoms with Crippen LogP contribution in [0.4, 0.5) is 0 Å². The van der Waals surface area contributed by atoms with E-state index >= 15 is 0 Å². The molecule has 6 aromatic heterocycles. The monoisotopic (exact) mass is 1530 g/mol. The number of hydrogen-bond acceptors (Lipinski definition) is 4. The maximum absolute atomic E-state index is 5.24. The molecule has 0 unspecified atom stereocenters. The number of hydrogen-bond donors (Lipinski definition) is 0. The lowest BCUT2D eigenvalue weighted by molar-refractivity contribution is 0.995. The van der Waals surface area contributed by atoms with Crippen LogP contribution < -0.4 is 0 Å². The van der Waals surface area contributed by atoms with Crippen molar-refractivity contribution in [2.75, 3.05) is 0 Å². The van der Waals surface area contributed by atoms with Crippen LogP contribution >= 0.6 is 0 Å². The fraction of sp³-hybridized carbons (Fsp3) is 0. The highest BCUT2D eigenvalue weighted by atomic mass is 15.2. The summed E-state index contributed by atoms with van der Waals surface area (Å²) in [5, 5.41) is 22.2. The molecule has 25 aromatic rings. The minimum atomic E-state index is 0.647. The van der Waals surface area contributed by atoms with E-state index < -0.39 is 0 Å². The zero-order valence-corrected chi connectivity index (χ0v) is 65.0. The van der Waals surface area contributed by atoms with Crippen molar-refractivity contribution < 1.29 is 0 Å². The summed E-state index contributed by atoms with van der Waals surface area (Å²) in [6, 6.07) is 152. The van der Waals surface area contributed by atoms with Crippen molar-refractivity contribution in [2.24, 2.45) is 0 Å². The Labute approximate surface area is 689 Å². The van der Waals surface area contributed by atoms with Crippen molar-refractivity contribution in [1.29, 1.82) is 0 Å². The number of aromatic nitrogens is 8. The van der Waals surface area contributed by atoms with Crippen molar-refractivity contribution in [2.45, 2.75) is 0 Å². The smallest absolute Gasteiger partial charge is 0.235 e. The third kappa shape index (κ3) is 11.1. The highest BCUT2D eigenvalue weighted by molar-refractivity contribution is 6.26. The molecule has 120 heavy (non-hydrogen) atoms. The molecule has 0 bridgehead atoms. The third-order valence-electron chi connectivity index (χ3n) is 24.4. The lowest BCUT2D eigenvalue weighted by Gasteiger charge is -2.14. The third-order valence-corrected chi connectivity index (χ3v) is 24.4. The van der Waals surface area contributed by atoms with E-state index in [-0.39, 0.29) is 0 Å². The lowest BCUT2D eigenvalue weighted by atomic mass is 9.94.